The molecule has 1 aliphatic rings. The molecule has 0 saturated carbocycles. The van der Waals surface area contributed by atoms with Gasteiger partial charge < -0.3 is 21.3 Å². The zero-order valence-electron chi connectivity index (χ0n) is 12.9. The van der Waals surface area contributed by atoms with E-state index >= 15 is 0 Å². The number of nitrogens with one attached hydrogen (secondary N) is 2. The molecule has 0 spiro atoms. The predicted octanol–water partition coefficient (Wildman–Crippen LogP) is 0.551. The average molecular weight is 313 g/mol. The van der Waals surface area contributed by atoms with Gasteiger partial charge in [-0.3, -0.25) is 4.79 Å². The molecule has 2 aromatic rings. The average Bonchev–Trinajstić information content (AvgIpc) is 2.59. The molecule has 1 amide bonds. The Morgan fingerprint density at radius 3 is 2.70 bits per heavy atom. The number of pyridine rings is 1. The summed E-state index contributed by atoms with van der Waals surface area (Å²) in [6.45, 7) is 4.89. The summed E-state index contributed by atoms with van der Waals surface area (Å²) in [7, 11) is 0. The van der Waals surface area contributed by atoms with Crippen molar-refractivity contribution in [1.29, 1.82) is 0 Å². The molecule has 0 aliphatic carbocycles. The molecule has 1 fully saturated rings. The van der Waals surface area contributed by atoms with Crippen LogP contribution in [0.4, 0.5) is 17.5 Å². The van der Waals surface area contributed by atoms with E-state index < -0.39 is 0 Å². The van der Waals surface area contributed by atoms with Crippen molar-refractivity contribution < 1.29 is 4.79 Å². The highest BCUT2D eigenvalue weighted by Gasteiger charge is 2.18. The first-order valence-electron chi connectivity index (χ1n) is 7.45. The van der Waals surface area contributed by atoms with E-state index in [4.69, 9.17) is 5.73 Å². The molecule has 4 N–H and O–H groups in total. The van der Waals surface area contributed by atoms with Gasteiger partial charge in [-0.05, 0) is 19.1 Å². The summed E-state index contributed by atoms with van der Waals surface area (Å²) in [5, 5.41) is 6.24. The number of hydrogen-bond acceptors (Lipinski definition) is 7. The summed E-state index contributed by atoms with van der Waals surface area (Å²) < 4.78 is 0. The third-order valence-corrected chi connectivity index (χ3v) is 3.65. The molecule has 0 aromatic carbocycles. The van der Waals surface area contributed by atoms with Crippen molar-refractivity contribution in [2.45, 2.75) is 6.92 Å². The molecular formula is C15H19N7O. The quantitative estimate of drug-likeness (QED) is 0.759. The van der Waals surface area contributed by atoms with Crippen LogP contribution in [0, 0.1) is 6.92 Å². The number of rotatable bonds is 3. The fraction of sp³-hybridized carbons (Fsp3) is 0.333. The second-order valence-electron chi connectivity index (χ2n) is 5.36. The summed E-state index contributed by atoms with van der Waals surface area (Å²) in [4.78, 5) is 26.7. The number of piperazine rings is 1. The zero-order chi connectivity index (χ0) is 16.2. The van der Waals surface area contributed by atoms with E-state index in [9.17, 15) is 4.79 Å². The molecule has 0 radical (unpaired) electrons. The molecule has 23 heavy (non-hydrogen) atoms. The van der Waals surface area contributed by atoms with Crippen molar-refractivity contribution in [3.8, 4) is 0 Å². The van der Waals surface area contributed by atoms with E-state index in [2.05, 4.69) is 25.6 Å². The largest absolute Gasteiger partial charge is 0.383 e. The molecular weight excluding hydrogens is 294 g/mol. The monoisotopic (exact) mass is 313 g/mol. The van der Waals surface area contributed by atoms with E-state index in [0.29, 0.717) is 36.2 Å². The first-order valence-corrected chi connectivity index (χ1v) is 7.45. The van der Waals surface area contributed by atoms with Crippen LogP contribution in [0.25, 0.3) is 0 Å². The van der Waals surface area contributed by atoms with Crippen LogP contribution in [0.3, 0.4) is 0 Å². The van der Waals surface area contributed by atoms with Gasteiger partial charge in [0.25, 0.3) is 5.91 Å². The van der Waals surface area contributed by atoms with Crippen molar-refractivity contribution in [2.75, 3.05) is 37.2 Å². The summed E-state index contributed by atoms with van der Waals surface area (Å²) in [5.41, 5.74) is 7.71. The van der Waals surface area contributed by atoms with Gasteiger partial charge >= 0.3 is 0 Å². The lowest BCUT2D eigenvalue weighted by molar-refractivity contribution is 0.0730. The van der Waals surface area contributed by atoms with Gasteiger partial charge in [0, 0.05) is 37.9 Å². The molecule has 0 unspecified atom stereocenters. The Morgan fingerprint density at radius 1 is 1.26 bits per heavy atom. The van der Waals surface area contributed by atoms with Gasteiger partial charge in [-0.1, -0.05) is 0 Å². The van der Waals surface area contributed by atoms with Crippen LogP contribution in [0.1, 0.15) is 16.1 Å². The third-order valence-electron chi connectivity index (χ3n) is 3.65. The minimum atomic E-state index is -0.0473. The number of nitrogens with zero attached hydrogens (tertiary/aromatic N) is 4. The first kappa shape index (κ1) is 15.2. The van der Waals surface area contributed by atoms with E-state index in [1.54, 1.807) is 29.4 Å². The van der Waals surface area contributed by atoms with Crippen molar-refractivity contribution in [1.82, 2.24) is 25.2 Å². The van der Waals surface area contributed by atoms with Crippen LogP contribution in [-0.4, -0.2) is 51.9 Å². The van der Waals surface area contributed by atoms with Gasteiger partial charge in [-0.2, -0.15) is 4.98 Å². The maximum atomic E-state index is 12.3. The highest BCUT2D eigenvalue weighted by atomic mass is 16.2. The zero-order valence-corrected chi connectivity index (χ0v) is 12.9. The summed E-state index contributed by atoms with van der Waals surface area (Å²) >= 11 is 0. The van der Waals surface area contributed by atoms with E-state index in [1.165, 1.54) is 0 Å². The molecule has 8 heteroatoms. The molecule has 0 atom stereocenters. The van der Waals surface area contributed by atoms with Crippen molar-refractivity contribution in [3.63, 3.8) is 0 Å². The lowest BCUT2D eigenvalue weighted by Crippen LogP contribution is -2.46. The SMILES string of the molecule is Cc1cnc(Nc2ccc(C(=O)N3CCNCC3)nc2)nc1N. The Bertz CT molecular complexity index is 695. The highest BCUT2D eigenvalue weighted by Crippen LogP contribution is 2.15. The fourth-order valence-corrected chi connectivity index (χ4v) is 2.27. The predicted molar refractivity (Wildman–Crippen MR) is 87.5 cm³/mol. The van der Waals surface area contributed by atoms with Crippen molar-refractivity contribution >= 4 is 23.4 Å². The maximum absolute atomic E-state index is 12.3. The van der Waals surface area contributed by atoms with Crippen molar-refractivity contribution in [2.24, 2.45) is 0 Å². The Kier molecular flexibility index (Phi) is 4.33. The standard InChI is InChI=1S/C15H19N7O/c1-10-8-19-15(21-13(10)16)20-11-2-3-12(18-9-11)14(23)22-6-4-17-5-7-22/h2-3,8-9,17H,4-7H2,1H3,(H3,16,19,20,21). The minimum absolute atomic E-state index is 0.0473. The van der Waals surface area contributed by atoms with Crippen LogP contribution < -0.4 is 16.4 Å². The Morgan fingerprint density at radius 2 is 2.04 bits per heavy atom. The van der Waals surface area contributed by atoms with Gasteiger partial charge in [0.1, 0.15) is 11.5 Å². The number of aryl methyl sites for hydroxylation is 1. The molecule has 1 saturated heterocycles. The van der Waals surface area contributed by atoms with E-state index in [1.807, 2.05) is 6.92 Å². The molecule has 120 valence electrons. The van der Waals surface area contributed by atoms with Crippen LogP contribution in [0.15, 0.2) is 24.5 Å². The van der Waals surface area contributed by atoms with E-state index in [0.717, 1.165) is 18.7 Å². The molecule has 8 nitrogen and oxygen atoms in total. The highest BCUT2D eigenvalue weighted by molar-refractivity contribution is 5.92. The summed E-state index contributed by atoms with van der Waals surface area (Å²) in [5.74, 6) is 0.783. The number of nitrogens with two attached hydrogens (primary N) is 1. The second-order valence-corrected chi connectivity index (χ2v) is 5.36. The van der Waals surface area contributed by atoms with Gasteiger partial charge in [0.15, 0.2) is 0 Å². The van der Waals surface area contributed by atoms with E-state index in [-0.39, 0.29) is 5.91 Å². The lowest BCUT2D eigenvalue weighted by Gasteiger charge is -2.27. The molecule has 2 aromatic heterocycles. The number of nitrogen functional groups attached to an aromatic ring is 1. The normalized spacial score (nSPS) is 14.6. The topological polar surface area (TPSA) is 109 Å². The summed E-state index contributed by atoms with van der Waals surface area (Å²) in [6.07, 6.45) is 3.25. The summed E-state index contributed by atoms with van der Waals surface area (Å²) in [6, 6.07) is 3.48. The van der Waals surface area contributed by atoms with Gasteiger partial charge in [-0.15, -0.1) is 0 Å². The number of anilines is 3. The fourth-order valence-electron chi connectivity index (χ4n) is 2.27. The Balaban J connectivity index is 1.68. The van der Waals surface area contributed by atoms with Crippen LogP contribution in [0.5, 0.6) is 0 Å². The molecule has 3 heterocycles. The number of hydrogen-bond donors (Lipinski definition) is 3. The van der Waals surface area contributed by atoms with Crippen LogP contribution in [0.2, 0.25) is 0 Å². The molecule has 1 aliphatic heterocycles. The van der Waals surface area contributed by atoms with Crippen LogP contribution >= 0.6 is 0 Å². The number of carbonyl (C=O) groups is 1. The number of carbonyl (C=O) groups excluding carboxylic acids is 1. The smallest absolute Gasteiger partial charge is 0.272 e. The molecule has 0 bridgehead atoms. The second kappa shape index (κ2) is 6.57. The maximum Gasteiger partial charge on any atom is 0.272 e. The number of amides is 1. The Labute approximate surface area is 134 Å². The van der Waals surface area contributed by atoms with Gasteiger partial charge in [-0.25, -0.2) is 9.97 Å². The van der Waals surface area contributed by atoms with Gasteiger partial charge in [0.05, 0.1) is 11.9 Å². The van der Waals surface area contributed by atoms with Crippen LogP contribution in [-0.2, 0) is 0 Å². The first-order chi connectivity index (χ1) is 11.1. The third kappa shape index (κ3) is 3.54. The minimum Gasteiger partial charge on any atom is -0.383 e. The Hall–Kier alpha value is -2.74. The van der Waals surface area contributed by atoms with Gasteiger partial charge in [0.2, 0.25) is 5.95 Å². The number of aromatic nitrogens is 3. The lowest BCUT2D eigenvalue weighted by atomic mass is 10.2. The molecule has 3 rings (SSSR count). The van der Waals surface area contributed by atoms with Crippen molar-refractivity contribution in [3.05, 3.63) is 35.8 Å².